The fourth-order valence-electron chi connectivity index (χ4n) is 4.06. The van der Waals surface area contributed by atoms with E-state index in [1.165, 1.54) is 12.1 Å². The number of hydrogen-bond acceptors (Lipinski definition) is 4. The normalized spacial score (nSPS) is 15.4. The third-order valence-electron chi connectivity index (χ3n) is 5.61. The van der Waals surface area contributed by atoms with Crippen LogP contribution in [0.5, 0.6) is 0 Å². The zero-order valence-electron chi connectivity index (χ0n) is 17.5. The lowest BCUT2D eigenvalue weighted by Crippen LogP contribution is -2.14. The van der Waals surface area contributed by atoms with Gasteiger partial charge in [-0.3, -0.25) is 4.99 Å². The van der Waals surface area contributed by atoms with E-state index in [1.807, 2.05) is 30.3 Å². The van der Waals surface area contributed by atoms with Gasteiger partial charge in [-0.2, -0.15) is 13.2 Å². The average molecular weight is 511 g/mol. The lowest BCUT2D eigenvalue weighted by molar-refractivity contribution is -0.137. The van der Waals surface area contributed by atoms with Crippen LogP contribution < -0.4 is 5.32 Å². The molecule has 0 spiro atoms. The summed E-state index contributed by atoms with van der Waals surface area (Å²) in [5.41, 5.74) is 1.74. The molecule has 2 heterocycles. The van der Waals surface area contributed by atoms with Gasteiger partial charge in [-0.25, -0.2) is 9.97 Å². The molecule has 1 aliphatic heterocycles. The van der Waals surface area contributed by atoms with E-state index >= 15 is 0 Å². The van der Waals surface area contributed by atoms with E-state index in [4.69, 9.17) is 4.99 Å². The molecule has 4 nitrogen and oxygen atoms in total. The Hall–Kier alpha value is -3.26. The molecule has 1 aliphatic rings. The highest BCUT2D eigenvalue weighted by Crippen LogP contribution is 2.38. The third kappa shape index (κ3) is 3.99. The molecule has 1 N–H and O–H groups in total. The molecule has 0 fully saturated rings. The highest BCUT2D eigenvalue weighted by molar-refractivity contribution is 9.10. The van der Waals surface area contributed by atoms with Crippen LogP contribution in [0.3, 0.4) is 0 Å². The van der Waals surface area contributed by atoms with Crippen LogP contribution in [0.1, 0.15) is 36.1 Å². The first-order valence-corrected chi connectivity index (χ1v) is 11.2. The minimum absolute atomic E-state index is 0.00392. The number of hydrogen-bond donors (Lipinski definition) is 1. The van der Waals surface area contributed by atoms with Crippen molar-refractivity contribution in [2.45, 2.75) is 25.6 Å². The number of amidine groups is 1. The Morgan fingerprint density at radius 2 is 1.70 bits per heavy atom. The Bertz CT molecular complexity index is 1400. The zero-order chi connectivity index (χ0) is 23.2. The summed E-state index contributed by atoms with van der Waals surface area (Å²) in [7, 11) is 0. The van der Waals surface area contributed by atoms with Crippen LogP contribution in [0, 0.1) is 0 Å². The molecule has 1 unspecified atom stereocenters. The minimum atomic E-state index is -4.52. The second-order valence-corrected chi connectivity index (χ2v) is 8.63. The molecule has 0 bridgehead atoms. The van der Waals surface area contributed by atoms with Crippen molar-refractivity contribution in [1.82, 2.24) is 9.97 Å². The van der Waals surface area contributed by atoms with Gasteiger partial charge in [0.15, 0.2) is 5.82 Å². The van der Waals surface area contributed by atoms with E-state index in [0.717, 1.165) is 28.1 Å². The fraction of sp³-hybridized carbons (Fsp3) is 0.160. The highest BCUT2D eigenvalue weighted by atomic mass is 79.9. The van der Waals surface area contributed by atoms with Gasteiger partial charge in [0.05, 0.1) is 17.1 Å². The summed E-state index contributed by atoms with van der Waals surface area (Å²) >= 11 is 3.51. The van der Waals surface area contributed by atoms with Gasteiger partial charge in [0.2, 0.25) is 0 Å². The maximum atomic E-state index is 13.7. The topological polar surface area (TPSA) is 50.2 Å². The first kappa shape index (κ1) is 21.6. The Morgan fingerprint density at radius 1 is 0.939 bits per heavy atom. The van der Waals surface area contributed by atoms with Crippen LogP contribution in [0.15, 0.2) is 76.2 Å². The monoisotopic (exact) mass is 510 g/mol. The number of aliphatic imine (C=N–C) groups is 1. The minimum Gasteiger partial charge on any atom is -0.324 e. The molecule has 3 aromatic carbocycles. The number of rotatable bonds is 3. The summed E-state index contributed by atoms with van der Waals surface area (Å²) in [6, 6.07) is 18.6. The van der Waals surface area contributed by atoms with Gasteiger partial charge in [0, 0.05) is 21.0 Å². The van der Waals surface area contributed by atoms with E-state index in [9.17, 15) is 13.2 Å². The molecule has 1 atom stereocenters. The standard InChI is InChI=1S/C25H18BrF3N4/c1-2-20-15-12-11-14(26)13-18(15)24(30-20)33-23-17-8-4-6-10-21(17)31-22(32-23)16-7-3-5-9-19(16)25(27,28)29/h3-13,20H,2H2,1H3,(H,30,31,32,33). The number of nitrogens with zero attached hydrogens (tertiary/aromatic N) is 3. The number of aromatic nitrogens is 2. The summed E-state index contributed by atoms with van der Waals surface area (Å²) in [4.78, 5) is 13.8. The molecule has 0 amide bonds. The Morgan fingerprint density at radius 3 is 2.48 bits per heavy atom. The molecule has 8 heteroatoms. The first-order valence-electron chi connectivity index (χ1n) is 10.4. The molecule has 1 aromatic heterocycles. The molecule has 166 valence electrons. The molecule has 0 radical (unpaired) electrons. The summed E-state index contributed by atoms with van der Waals surface area (Å²) in [6.07, 6.45) is -3.69. The van der Waals surface area contributed by atoms with E-state index in [-0.39, 0.29) is 17.4 Å². The van der Waals surface area contributed by atoms with Gasteiger partial charge in [-0.1, -0.05) is 59.3 Å². The molecule has 5 rings (SSSR count). The second-order valence-electron chi connectivity index (χ2n) is 7.71. The van der Waals surface area contributed by atoms with E-state index in [1.54, 1.807) is 18.2 Å². The fourth-order valence-corrected chi connectivity index (χ4v) is 4.42. The summed E-state index contributed by atoms with van der Waals surface area (Å²) in [5.74, 6) is 1.05. The Balaban J connectivity index is 1.66. The van der Waals surface area contributed by atoms with Gasteiger partial charge >= 0.3 is 6.18 Å². The van der Waals surface area contributed by atoms with Gasteiger partial charge < -0.3 is 5.32 Å². The van der Waals surface area contributed by atoms with Gasteiger partial charge in [0.25, 0.3) is 0 Å². The largest absolute Gasteiger partial charge is 0.417 e. The smallest absolute Gasteiger partial charge is 0.324 e. The summed E-state index contributed by atoms with van der Waals surface area (Å²) in [5, 5.41) is 4.00. The van der Waals surface area contributed by atoms with Crippen molar-refractivity contribution in [3.05, 3.63) is 87.9 Å². The predicted octanol–water partition coefficient (Wildman–Crippen LogP) is 7.40. The van der Waals surface area contributed by atoms with Crippen LogP contribution in [-0.4, -0.2) is 15.8 Å². The van der Waals surface area contributed by atoms with Crippen LogP contribution in [0.2, 0.25) is 0 Å². The Labute approximate surface area is 196 Å². The van der Waals surface area contributed by atoms with Crippen LogP contribution in [0.25, 0.3) is 22.3 Å². The predicted molar refractivity (Wildman–Crippen MR) is 127 cm³/mol. The maximum Gasteiger partial charge on any atom is 0.417 e. The Kier molecular flexibility index (Phi) is 5.40. The number of nitrogens with one attached hydrogen (secondary N) is 1. The summed E-state index contributed by atoms with van der Waals surface area (Å²) in [6.45, 7) is 2.06. The average Bonchev–Trinajstić information content (AvgIpc) is 3.15. The van der Waals surface area contributed by atoms with Crippen LogP contribution >= 0.6 is 15.9 Å². The SMILES string of the molecule is CCC1N=C(Nc2nc(-c3ccccc3C(F)(F)F)nc3ccccc23)c2cc(Br)ccc21. The van der Waals surface area contributed by atoms with Crippen molar-refractivity contribution < 1.29 is 13.2 Å². The first-order chi connectivity index (χ1) is 15.8. The van der Waals surface area contributed by atoms with Crippen molar-refractivity contribution in [3.63, 3.8) is 0 Å². The van der Waals surface area contributed by atoms with Gasteiger partial charge in [0.1, 0.15) is 11.7 Å². The van der Waals surface area contributed by atoms with Crippen molar-refractivity contribution >= 4 is 38.5 Å². The van der Waals surface area contributed by atoms with Gasteiger partial charge in [-0.05, 0) is 42.3 Å². The van der Waals surface area contributed by atoms with E-state index in [2.05, 4.69) is 38.1 Å². The lowest BCUT2D eigenvalue weighted by Gasteiger charge is -2.15. The van der Waals surface area contributed by atoms with Gasteiger partial charge in [-0.15, -0.1) is 0 Å². The zero-order valence-corrected chi connectivity index (χ0v) is 19.1. The molecular formula is C25H18BrF3N4. The summed E-state index contributed by atoms with van der Waals surface area (Å²) < 4.78 is 41.9. The van der Waals surface area contributed by atoms with Crippen LogP contribution in [0.4, 0.5) is 19.0 Å². The highest BCUT2D eigenvalue weighted by Gasteiger charge is 2.34. The number of anilines is 1. The lowest BCUT2D eigenvalue weighted by atomic mass is 10.0. The van der Waals surface area contributed by atoms with Crippen molar-refractivity contribution in [2.75, 3.05) is 5.32 Å². The molecule has 0 aliphatic carbocycles. The molecule has 33 heavy (non-hydrogen) atoms. The quantitative estimate of drug-likeness (QED) is 0.312. The van der Waals surface area contributed by atoms with Crippen molar-refractivity contribution in [1.29, 1.82) is 0 Å². The second kappa shape index (κ2) is 8.26. The molecule has 0 saturated carbocycles. The number of fused-ring (bicyclic) bond motifs is 2. The van der Waals surface area contributed by atoms with E-state index in [0.29, 0.717) is 22.6 Å². The van der Waals surface area contributed by atoms with Crippen molar-refractivity contribution in [2.24, 2.45) is 4.99 Å². The number of halogens is 4. The molecular weight excluding hydrogens is 493 g/mol. The maximum absolute atomic E-state index is 13.7. The number of benzene rings is 3. The van der Waals surface area contributed by atoms with E-state index < -0.39 is 11.7 Å². The number of alkyl halides is 3. The number of para-hydroxylation sites is 1. The van der Waals surface area contributed by atoms with Crippen LogP contribution in [-0.2, 0) is 6.18 Å². The molecule has 4 aromatic rings. The molecule has 0 saturated heterocycles. The van der Waals surface area contributed by atoms with Crippen molar-refractivity contribution in [3.8, 4) is 11.4 Å². The third-order valence-corrected chi connectivity index (χ3v) is 6.11.